The van der Waals surface area contributed by atoms with Crippen LogP contribution in [0.15, 0.2) is 18.2 Å². The van der Waals surface area contributed by atoms with Crippen LogP contribution in [-0.2, 0) is 16.0 Å². The highest BCUT2D eigenvalue weighted by atomic mass is 19.4. The van der Waals surface area contributed by atoms with Crippen LogP contribution in [-0.4, -0.2) is 17.9 Å². The predicted molar refractivity (Wildman–Crippen MR) is 90.8 cm³/mol. The number of carbonyl (C=O) groups is 2. The Labute approximate surface area is 150 Å². The molecule has 3 aliphatic carbocycles. The van der Waals surface area contributed by atoms with E-state index in [1.54, 1.807) is 12.1 Å². The molecule has 140 valence electrons. The average Bonchev–Trinajstić information content (AvgIpc) is 2.89. The van der Waals surface area contributed by atoms with Crippen LogP contribution >= 0.6 is 0 Å². The van der Waals surface area contributed by atoms with Crippen LogP contribution in [0.2, 0.25) is 0 Å². The molecular weight excluding hydrogens is 343 g/mol. The maximum atomic E-state index is 12.4. The summed E-state index contributed by atoms with van der Waals surface area (Å²) in [5, 5.41) is 1.94. The van der Waals surface area contributed by atoms with Crippen molar-refractivity contribution in [3.05, 3.63) is 29.3 Å². The number of hydrogen-bond acceptors (Lipinski definition) is 2. The summed E-state index contributed by atoms with van der Waals surface area (Å²) in [6.45, 7) is 2.12. The second-order valence-electron chi connectivity index (χ2n) is 8.20. The molecule has 1 aromatic carbocycles. The van der Waals surface area contributed by atoms with E-state index in [2.05, 4.69) is 6.92 Å². The van der Waals surface area contributed by atoms with Crippen LogP contribution in [0.3, 0.4) is 0 Å². The Bertz CT molecular complexity index is 773. The fourth-order valence-electron chi connectivity index (χ4n) is 5.63. The molecule has 26 heavy (non-hydrogen) atoms. The van der Waals surface area contributed by atoms with Gasteiger partial charge in [-0.15, -0.1) is 0 Å². The molecule has 3 aliphatic rings. The van der Waals surface area contributed by atoms with E-state index in [0.29, 0.717) is 30.0 Å². The first-order valence-electron chi connectivity index (χ1n) is 9.24. The molecule has 0 bridgehead atoms. The minimum absolute atomic E-state index is 0.181. The highest BCUT2D eigenvalue weighted by Gasteiger charge is 2.54. The van der Waals surface area contributed by atoms with Crippen LogP contribution in [0.25, 0.3) is 0 Å². The molecule has 0 radical (unpaired) electrons. The van der Waals surface area contributed by atoms with Crippen LogP contribution in [0, 0.1) is 17.3 Å². The van der Waals surface area contributed by atoms with Crippen molar-refractivity contribution in [3.8, 4) is 0 Å². The van der Waals surface area contributed by atoms with E-state index in [9.17, 15) is 22.8 Å². The quantitative estimate of drug-likeness (QED) is 0.790. The van der Waals surface area contributed by atoms with Gasteiger partial charge in [-0.25, -0.2) is 0 Å². The van der Waals surface area contributed by atoms with Gasteiger partial charge in [-0.3, -0.25) is 9.59 Å². The Balaban J connectivity index is 1.58. The summed E-state index contributed by atoms with van der Waals surface area (Å²) in [6, 6.07) is 5.12. The molecule has 1 N–H and O–H groups in total. The Kier molecular flexibility index (Phi) is 3.93. The van der Waals surface area contributed by atoms with Gasteiger partial charge in [0.25, 0.3) is 0 Å². The summed E-state index contributed by atoms with van der Waals surface area (Å²) >= 11 is 0. The molecule has 3 nitrogen and oxygen atoms in total. The number of aryl methyl sites for hydroxylation is 1. The second-order valence-corrected chi connectivity index (χ2v) is 8.20. The molecular formula is C20H22F3NO2. The number of Topliss-reactive ketones (excluding diaryl/α,β-unsaturated/α-hetero) is 1. The van der Waals surface area contributed by atoms with Crippen molar-refractivity contribution in [3.63, 3.8) is 0 Å². The van der Waals surface area contributed by atoms with Crippen molar-refractivity contribution in [2.75, 3.05) is 5.32 Å². The lowest BCUT2D eigenvalue weighted by molar-refractivity contribution is -0.167. The number of amides is 1. The van der Waals surface area contributed by atoms with Crippen molar-refractivity contribution in [1.29, 1.82) is 0 Å². The molecule has 1 aromatic rings. The summed E-state index contributed by atoms with van der Waals surface area (Å²) in [5.74, 6) is -0.272. The number of nitrogens with one attached hydrogen (secondary N) is 1. The third kappa shape index (κ3) is 2.65. The topological polar surface area (TPSA) is 46.2 Å². The van der Waals surface area contributed by atoms with Gasteiger partial charge >= 0.3 is 12.1 Å². The summed E-state index contributed by atoms with van der Waals surface area (Å²) in [6.07, 6.45) is 0.345. The second kappa shape index (κ2) is 5.83. The van der Waals surface area contributed by atoms with Crippen molar-refractivity contribution in [2.45, 2.75) is 57.5 Å². The van der Waals surface area contributed by atoms with Gasteiger partial charge in [-0.2, -0.15) is 13.2 Å². The molecule has 0 spiro atoms. The van der Waals surface area contributed by atoms with Crippen molar-refractivity contribution >= 4 is 17.4 Å². The normalized spacial score (nSPS) is 33.2. The number of anilines is 1. The number of rotatable bonds is 1. The summed E-state index contributed by atoms with van der Waals surface area (Å²) < 4.78 is 37.3. The summed E-state index contributed by atoms with van der Waals surface area (Å²) in [7, 11) is 0. The first-order valence-corrected chi connectivity index (χ1v) is 9.24. The van der Waals surface area contributed by atoms with Crippen LogP contribution in [0.4, 0.5) is 18.9 Å². The van der Waals surface area contributed by atoms with Gasteiger partial charge in [0.2, 0.25) is 0 Å². The SMILES string of the molecule is C[C@]12CCC3c4ccc(NC(=O)C(F)(F)F)cc4CCC3C1CCC2=O. The number of alkyl halides is 3. The van der Waals surface area contributed by atoms with Crippen LogP contribution < -0.4 is 5.32 Å². The van der Waals surface area contributed by atoms with Crippen molar-refractivity contribution in [1.82, 2.24) is 0 Å². The molecule has 2 saturated carbocycles. The first-order chi connectivity index (χ1) is 12.2. The van der Waals surface area contributed by atoms with Gasteiger partial charge in [-0.05, 0) is 73.1 Å². The highest BCUT2D eigenvalue weighted by Crippen LogP contribution is 2.59. The third-order valence-electron chi connectivity index (χ3n) is 6.95. The Morgan fingerprint density at radius 3 is 2.69 bits per heavy atom. The van der Waals surface area contributed by atoms with E-state index < -0.39 is 12.1 Å². The maximum Gasteiger partial charge on any atom is 0.471 e. The molecule has 6 heteroatoms. The van der Waals surface area contributed by atoms with Crippen LogP contribution in [0.5, 0.6) is 0 Å². The monoisotopic (exact) mass is 365 g/mol. The predicted octanol–water partition coefficient (Wildman–Crippen LogP) is 4.61. The Morgan fingerprint density at radius 2 is 1.96 bits per heavy atom. The van der Waals surface area contributed by atoms with Gasteiger partial charge in [0.15, 0.2) is 0 Å². The smallest absolute Gasteiger partial charge is 0.318 e. The highest BCUT2D eigenvalue weighted by molar-refractivity contribution is 5.95. The van der Waals surface area contributed by atoms with Gasteiger partial charge in [-0.1, -0.05) is 13.0 Å². The Morgan fingerprint density at radius 1 is 1.19 bits per heavy atom. The lowest BCUT2D eigenvalue weighted by Gasteiger charge is -2.48. The van der Waals surface area contributed by atoms with Crippen molar-refractivity contribution < 1.29 is 22.8 Å². The van der Waals surface area contributed by atoms with Gasteiger partial charge in [0.05, 0.1) is 0 Å². The number of benzene rings is 1. The van der Waals surface area contributed by atoms with Crippen LogP contribution in [0.1, 0.15) is 56.1 Å². The molecule has 0 aromatic heterocycles. The number of halogens is 3. The summed E-state index contributed by atoms with van der Waals surface area (Å²) in [4.78, 5) is 23.5. The molecule has 4 rings (SSSR count). The minimum Gasteiger partial charge on any atom is -0.318 e. The van der Waals surface area contributed by atoms with E-state index >= 15 is 0 Å². The molecule has 0 aliphatic heterocycles. The molecule has 2 fully saturated rings. The van der Waals surface area contributed by atoms with Gasteiger partial charge < -0.3 is 5.32 Å². The fourth-order valence-corrected chi connectivity index (χ4v) is 5.63. The van der Waals surface area contributed by atoms with Gasteiger partial charge in [0.1, 0.15) is 5.78 Å². The fraction of sp³-hybridized carbons (Fsp3) is 0.600. The van der Waals surface area contributed by atoms with E-state index in [1.165, 1.54) is 5.56 Å². The van der Waals surface area contributed by atoms with E-state index in [0.717, 1.165) is 37.7 Å². The van der Waals surface area contributed by atoms with Gasteiger partial charge in [0, 0.05) is 17.5 Å². The lowest BCUT2D eigenvalue weighted by atomic mass is 9.55. The largest absolute Gasteiger partial charge is 0.471 e. The third-order valence-corrected chi connectivity index (χ3v) is 6.95. The number of fused-ring (bicyclic) bond motifs is 5. The standard InChI is InChI=1S/C20H22F3NO2/c1-19-9-8-14-13-5-3-12(24-18(26)20(21,22)23)10-11(13)2-4-15(14)16(19)6-7-17(19)25/h3,5,10,14-16H,2,4,6-9H2,1H3,(H,24,26)/t14?,15?,16?,19-/m0/s1. The van der Waals surface area contributed by atoms with Crippen molar-refractivity contribution in [2.24, 2.45) is 17.3 Å². The minimum atomic E-state index is -4.89. The number of ketones is 1. The number of hydrogen-bond donors (Lipinski definition) is 1. The Hall–Kier alpha value is -1.85. The molecule has 4 atom stereocenters. The zero-order valence-electron chi connectivity index (χ0n) is 14.7. The molecule has 3 unspecified atom stereocenters. The van der Waals surface area contributed by atoms with E-state index in [-0.39, 0.29) is 11.1 Å². The first kappa shape index (κ1) is 17.6. The molecule has 0 heterocycles. The molecule has 1 amide bonds. The average molecular weight is 365 g/mol. The summed E-state index contributed by atoms with van der Waals surface area (Å²) in [5.41, 5.74) is 2.23. The number of carbonyl (C=O) groups excluding carboxylic acids is 2. The zero-order valence-corrected chi connectivity index (χ0v) is 14.7. The van der Waals surface area contributed by atoms with E-state index in [1.807, 2.05) is 11.4 Å². The molecule has 0 saturated heterocycles. The zero-order chi connectivity index (χ0) is 18.7. The lowest BCUT2D eigenvalue weighted by Crippen LogP contribution is -2.42. The maximum absolute atomic E-state index is 12.4. The van der Waals surface area contributed by atoms with E-state index in [4.69, 9.17) is 0 Å².